The minimum absolute atomic E-state index is 0.225. The Morgan fingerprint density at radius 2 is 1.73 bits per heavy atom. The van der Waals surface area contributed by atoms with E-state index < -0.39 is 12.7 Å². The number of hydrogen-bond donors (Lipinski definition) is 2. The summed E-state index contributed by atoms with van der Waals surface area (Å²) < 4.78 is 35.5. The Labute approximate surface area is 88.4 Å². The van der Waals surface area contributed by atoms with Crippen LogP contribution in [0.3, 0.4) is 0 Å². The molecule has 0 unspecified atom stereocenters. The molecule has 0 saturated heterocycles. The molecule has 5 heteroatoms. The molecule has 1 aliphatic rings. The van der Waals surface area contributed by atoms with Gasteiger partial charge in [0.15, 0.2) is 0 Å². The van der Waals surface area contributed by atoms with Gasteiger partial charge in [0.1, 0.15) is 0 Å². The van der Waals surface area contributed by atoms with Gasteiger partial charge in [-0.3, -0.25) is 0 Å². The maximum atomic E-state index is 11.8. The second-order valence-electron chi connectivity index (χ2n) is 4.46. The Morgan fingerprint density at radius 3 is 2.27 bits per heavy atom. The topological polar surface area (TPSA) is 38.0 Å². The lowest BCUT2D eigenvalue weighted by Gasteiger charge is -2.33. The fourth-order valence-electron chi connectivity index (χ4n) is 2.07. The Morgan fingerprint density at radius 1 is 1.13 bits per heavy atom. The van der Waals surface area contributed by atoms with E-state index in [1.165, 1.54) is 6.42 Å². The molecule has 0 bridgehead atoms. The van der Waals surface area contributed by atoms with Crippen LogP contribution in [0.25, 0.3) is 0 Å². The predicted octanol–water partition coefficient (Wildman–Crippen LogP) is 2.19. The highest BCUT2D eigenvalue weighted by Gasteiger charge is 2.29. The Balaban J connectivity index is 2.13. The molecule has 3 N–H and O–H groups in total. The van der Waals surface area contributed by atoms with E-state index in [1.807, 2.05) is 0 Å². The first kappa shape index (κ1) is 12.8. The minimum atomic E-state index is -4.12. The third-order valence-corrected chi connectivity index (χ3v) is 2.97. The highest BCUT2D eigenvalue weighted by atomic mass is 19.4. The molecule has 1 rings (SSSR count). The van der Waals surface area contributed by atoms with Crippen LogP contribution in [0.5, 0.6) is 0 Å². The summed E-state index contributed by atoms with van der Waals surface area (Å²) in [6, 6.07) is 0. The molecule has 15 heavy (non-hydrogen) atoms. The van der Waals surface area contributed by atoms with Gasteiger partial charge >= 0.3 is 6.18 Å². The second-order valence-corrected chi connectivity index (χ2v) is 4.46. The summed E-state index contributed by atoms with van der Waals surface area (Å²) in [5.41, 5.74) is 5.86. The fourth-order valence-corrected chi connectivity index (χ4v) is 2.07. The van der Waals surface area contributed by atoms with Crippen LogP contribution in [0.1, 0.15) is 38.5 Å². The van der Waals surface area contributed by atoms with Gasteiger partial charge < -0.3 is 11.1 Å². The van der Waals surface area contributed by atoms with Gasteiger partial charge in [-0.2, -0.15) is 13.2 Å². The van der Waals surface area contributed by atoms with Crippen LogP contribution in [0.2, 0.25) is 0 Å². The Bertz CT molecular complexity index is 186. The monoisotopic (exact) mass is 224 g/mol. The summed E-state index contributed by atoms with van der Waals surface area (Å²) in [5.74, 6) is 0. The van der Waals surface area contributed by atoms with Gasteiger partial charge in [-0.05, 0) is 25.8 Å². The van der Waals surface area contributed by atoms with Crippen molar-refractivity contribution >= 4 is 0 Å². The SMILES string of the molecule is NC1(CCNCC(F)(F)F)CCCCC1. The van der Waals surface area contributed by atoms with Gasteiger partial charge in [-0.15, -0.1) is 0 Å². The molecule has 0 radical (unpaired) electrons. The van der Waals surface area contributed by atoms with E-state index in [0.29, 0.717) is 13.0 Å². The molecular formula is C10H19F3N2. The molecule has 0 amide bonds. The summed E-state index contributed by atoms with van der Waals surface area (Å²) in [7, 11) is 0. The molecule has 0 heterocycles. The average Bonchev–Trinajstić information content (AvgIpc) is 2.12. The Hall–Kier alpha value is -0.290. The lowest BCUT2D eigenvalue weighted by molar-refractivity contribution is -0.124. The first-order valence-electron chi connectivity index (χ1n) is 5.48. The van der Waals surface area contributed by atoms with Gasteiger partial charge in [0, 0.05) is 5.54 Å². The van der Waals surface area contributed by atoms with E-state index in [4.69, 9.17) is 5.73 Å². The van der Waals surface area contributed by atoms with E-state index in [9.17, 15) is 13.2 Å². The van der Waals surface area contributed by atoms with Crippen LogP contribution >= 0.6 is 0 Å². The van der Waals surface area contributed by atoms with Crippen molar-refractivity contribution < 1.29 is 13.2 Å². The molecule has 0 atom stereocenters. The van der Waals surface area contributed by atoms with Crippen molar-refractivity contribution in [1.82, 2.24) is 5.32 Å². The highest BCUT2D eigenvalue weighted by Crippen LogP contribution is 2.28. The molecule has 1 saturated carbocycles. The van der Waals surface area contributed by atoms with Crippen LogP contribution in [0.15, 0.2) is 0 Å². The van der Waals surface area contributed by atoms with E-state index >= 15 is 0 Å². The third-order valence-electron chi connectivity index (χ3n) is 2.97. The van der Waals surface area contributed by atoms with Crippen LogP contribution in [-0.2, 0) is 0 Å². The fraction of sp³-hybridized carbons (Fsp3) is 1.00. The largest absolute Gasteiger partial charge is 0.401 e. The van der Waals surface area contributed by atoms with Gasteiger partial charge in [0.25, 0.3) is 0 Å². The van der Waals surface area contributed by atoms with Gasteiger partial charge in [0.2, 0.25) is 0 Å². The summed E-state index contributed by atoms with van der Waals surface area (Å²) in [5, 5.41) is 2.39. The normalized spacial score (nSPS) is 21.6. The highest BCUT2D eigenvalue weighted by molar-refractivity contribution is 4.87. The molecule has 1 aliphatic carbocycles. The van der Waals surface area contributed by atoms with Gasteiger partial charge in [0.05, 0.1) is 6.54 Å². The number of rotatable bonds is 4. The van der Waals surface area contributed by atoms with Crippen LogP contribution in [0.4, 0.5) is 13.2 Å². The van der Waals surface area contributed by atoms with Crippen molar-refractivity contribution in [2.75, 3.05) is 13.1 Å². The van der Waals surface area contributed by atoms with Crippen molar-refractivity contribution in [3.63, 3.8) is 0 Å². The summed E-state index contributed by atoms with van der Waals surface area (Å²) in [6.07, 6.45) is 1.83. The number of halogens is 3. The molecule has 0 aliphatic heterocycles. The van der Waals surface area contributed by atoms with Crippen molar-refractivity contribution in [1.29, 1.82) is 0 Å². The maximum absolute atomic E-state index is 11.8. The zero-order valence-corrected chi connectivity index (χ0v) is 8.87. The predicted molar refractivity (Wildman–Crippen MR) is 53.5 cm³/mol. The van der Waals surface area contributed by atoms with Crippen molar-refractivity contribution in [2.24, 2.45) is 5.73 Å². The minimum Gasteiger partial charge on any atom is -0.325 e. The zero-order chi connectivity index (χ0) is 11.4. The van der Waals surface area contributed by atoms with Crippen LogP contribution in [0, 0.1) is 0 Å². The molecule has 90 valence electrons. The average molecular weight is 224 g/mol. The van der Waals surface area contributed by atoms with E-state index in [2.05, 4.69) is 5.32 Å². The van der Waals surface area contributed by atoms with Crippen molar-refractivity contribution in [2.45, 2.75) is 50.2 Å². The second kappa shape index (κ2) is 5.16. The van der Waals surface area contributed by atoms with E-state index in [0.717, 1.165) is 25.7 Å². The molecular weight excluding hydrogens is 205 g/mol. The smallest absolute Gasteiger partial charge is 0.325 e. The molecule has 0 aromatic heterocycles. The first-order chi connectivity index (χ1) is 6.91. The van der Waals surface area contributed by atoms with E-state index in [-0.39, 0.29) is 5.54 Å². The summed E-state index contributed by atoms with van der Waals surface area (Å²) >= 11 is 0. The summed E-state index contributed by atoms with van der Waals surface area (Å²) in [6.45, 7) is -0.556. The van der Waals surface area contributed by atoms with Crippen LogP contribution in [-0.4, -0.2) is 24.8 Å². The number of nitrogens with two attached hydrogens (primary N) is 1. The lowest BCUT2D eigenvalue weighted by atomic mass is 9.80. The van der Waals surface area contributed by atoms with Crippen molar-refractivity contribution in [3.8, 4) is 0 Å². The number of alkyl halides is 3. The van der Waals surface area contributed by atoms with Gasteiger partial charge in [-0.1, -0.05) is 19.3 Å². The Kier molecular flexibility index (Phi) is 4.40. The molecule has 0 aromatic carbocycles. The van der Waals surface area contributed by atoms with Crippen LogP contribution < -0.4 is 11.1 Å². The quantitative estimate of drug-likeness (QED) is 0.718. The van der Waals surface area contributed by atoms with Crippen molar-refractivity contribution in [3.05, 3.63) is 0 Å². The number of hydrogen-bond acceptors (Lipinski definition) is 2. The number of nitrogens with one attached hydrogen (secondary N) is 1. The molecule has 2 nitrogen and oxygen atoms in total. The van der Waals surface area contributed by atoms with Gasteiger partial charge in [-0.25, -0.2) is 0 Å². The zero-order valence-electron chi connectivity index (χ0n) is 8.87. The molecule has 0 spiro atoms. The van der Waals surface area contributed by atoms with E-state index in [1.54, 1.807) is 0 Å². The maximum Gasteiger partial charge on any atom is 0.401 e. The first-order valence-corrected chi connectivity index (χ1v) is 5.48. The molecule has 0 aromatic rings. The molecule has 1 fully saturated rings. The third kappa shape index (κ3) is 5.37. The standard InChI is InChI=1S/C10H19F3N2/c11-10(12,13)8-15-7-6-9(14)4-2-1-3-5-9/h15H,1-8,14H2. The summed E-state index contributed by atoms with van der Waals surface area (Å²) in [4.78, 5) is 0. The lowest BCUT2D eigenvalue weighted by Crippen LogP contribution is -2.44.